The lowest BCUT2D eigenvalue weighted by Crippen LogP contribution is -2.45. The van der Waals surface area contributed by atoms with Crippen LogP contribution in [-0.2, 0) is 16.0 Å². The van der Waals surface area contributed by atoms with Crippen molar-refractivity contribution >= 4 is 5.97 Å². The first-order valence-corrected chi connectivity index (χ1v) is 5.73. The number of phenols is 1. The lowest BCUT2D eigenvalue weighted by atomic mass is 9.92. The fourth-order valence-electron chi connectivity index (χ4n) is 1.94. The van der Waals surface area contributed by atoms with E-state index < -0.39 is 5.60 Å². The number of ether oxygens (including phenoxy) is 2. The second kappa shape index (κ2) is 4.28. The maximum Gasteiger partial charge on any atom is 0.350 e. The van der Waals surface area contributed by atoms with Crippen molar-refractivity contribution in [3.63, 3.8) is 0 Å². The third-order valence-electron chi connectivity index (χ3n) is 2.96. The lowest BCUT2D eigenvalue weighted by Gasteiger charge is -2.33. The summed E-state index contributed by atoms with van der Waals surface area (Å²) in [4.78, 5) is 11.8. The van der Waals surface area contributed by atoms with E-state index in [2.05, 4.69) is 0 Å². The van der Waals surface area contributed by atoms with Crippen LogP contribution < -0.4 is 4.74 Å². The summed E-state index contributed by atoms with van der Waals surface area (Å²) in [5.41, 5.74) is 0.0566. The highest BCUT2D eigenvalue weighted by Gasteiger charge is 2.40. The highest BCUT2D eigenvalue weighted by molar-refractivity contribution is 5.80. The summed E-state index contributed by atoms with van der Waals surface area (Å²) in [6.07, 6.45) is 1.33. The molecule has 92 valence electrons. The zero-order valence-corrected chi connectivity index (χ0v) is 10.0. The van der Waals surface area contributed by atoms with Crippen molar-refractivity contribution < 1.29 is 19.4 Å². The van der Waals surface area contributed by atoms with Gasteiger partial charge in [0.2, 0.25) is 5.60 Å². The van der Waals surface area contributed by atoms with Crippen LogP contribution in [0.5, 0.6) is 11.5 Å². The van der Waals surface area contributed by atoms with Crippen molar-refractivity contribution in [3.05, 3.63) is 23.8 Å². The number of hydrogen-bond donors (Lipinski definition) is 1. The van der Waals surface area contributed by atoms with Crippen LogP contribution >= 0.6 is 0 Å². The Morgan fingerprint density at radius 2 is 2.35 bits per heavy atom. The molecule has 0 fully saturated rings. The molecular weight excluding hydrogens is 220 g/mol. The van der Waals surface area contributed by atoms with Gasteiger partial charge in [0.25, 0.3) is 0 Å². The number of aromatic hydroxyl groups is 1. The van der Waals surface area contributed by atoms with E-state index in [9.17, 15) is 9.90 Å². The number of aryl methyl sites for hydroxylation is 1. The van der Waals surface area contributed by atoms with E-state index in [1.54, 1.807) is 19.9 Å². The molecular formula is C13H16O4. The van der Waals surface area contributed by atoms with Crippen LogP contribution in [0, 0.1) is 0 Å². The van der Waals surface area contributed by atoms with Gasteiger partial charge in [-0.2, -0.15) is 0 Å². The van der Waals surface area contributed by atoms with Gasteiger partial charge in [-0.1, -0.05) is 6.07 Å². The van der Waals surface area contributed by atoms with Gasteiger partial charge < -0.3 is 14.6 Å². The Morgan fingerprint density at radius 3 is 3.06 bits per heavy atom. The molecule has 0 aromatic heterocycles. The molecule has 0 aliphatic carbocycles. The molecule has 2 rings (SSSR count). The predicted octanol–water partition coefficient (Wildman–Crippen LogP) is 2.04. The predicted molar refractivity (Wildman–Crippen MR) is 62.1 cm³/mol. The molecule has 0 saturated carbocycles. The molecule has 1 atom stereocenters. The van der Waals surface area contributed by atoms with Crippen LogP contribution in [0.2, 0.25) is 0 Å². The summed E-state index contributed by atoms with van der Waals surface area (Å²) in [5.74, 6) is 0.345. The summed E-state index contributed by atoms with van der Waals surface area (Å²) < 4.78 is 10.7. The normalized spacial score (nSPS) is 22.5. The molecule has 0 bridgehead atoms. The fourth-order valence-corrected chi connectivity index (χ4v) is 1.94. The Kier molecular flexibility index (Phi) is 2.96. The molecule has 0 saturated heterocycles. The molecule has 1 heterocycles. The first-order chi connectivity index (χ1) is 8.05. The second-order valence-electron chi connectivity index (χ2n) is 4.35. The molecule has 1 aromatic carbocycles. The average Bonchev–Trinajstić information content (AvgIpc) is 2.28. The number of fused-ring (bicyclic) bond motifs is 1. The number of rotatable bonds is 2. The van der Waals surface area contributed by atoms with Gasteiger partial charge in [-0.15, -0.1) is 0 Å². The molecule has 0 unspecified atom stereocenters. The molecule has 0 spiro atoms. The zero-order chi connectivity index (χ0) is 12.5. The van der Waals surface area contributed by atoms with Crippen LogP contribution in [0.15, 0.2) is 18.2 Å². The van der Waals surface area contributed by atoms with Crippen LogP contribution in [0.25, 0.3) is 0 Å². The number of carbonyl (C=O) groups excluding carboxylic acids is 1. The fraction of sp³-hybridized carbons (Fsp3) is 0.462. The first kappa shape index (κ1) is 11.8. The van der Waals surface area contributed by atoms with E-state index in [0.717, 1.165) is 12.0 Å². The van der Waals surface area contributed by atoms with Crippen molar-refractivity contribution in [2.75, 3.05) is 6.61 Å². The quantitative estimate of drug-likeness (QED) is 0.798. The molecule has 17 heavy (non-hydrogen) atoms. The third-order valence-corrected chi connectivity index (χ3v) is 2.96. The van der Waals surface area contributed by atoms with Gasteiger partial charge in [0.1, 0.15) is 11.5 Å². The number of esters is 1. The van der Waals surface area contributed by atoms with Crippen molar-refractivity contribution in [1.29, 1.82) is 0 Å². The van der Waals surface area contributed by atoms with Gasteiger partial charge in [-0.05, 0) is 31.9 Å². The minimum atomic E-state index is -0.948. The first-order valence-electron chi connectivity index (χ1n) is 5.73. The van der Waals surface area contributed by atoms with Crippen molar-refractivity contribution in [2.24, 2.45) is 0 Å². The topological polar surface area (TPSA) is 55.8 Å². The summed E-state index contributed by atoms with van der Waals surface area (Å²) in [7, 11) is 0. The maximum absolute atomic E-state index is 11.8. The molecule has 1 aromatic rings. The van der Waals surface area contributed by atoms with E-state index in [0.29, 0.717) is 18.8 Å². The molecule has 1 aliphatic heterocycles. The van der Waals surface area contributed by atoms with Gasteiger partial charge in [-0.25, -0.2) is 4.79 Å². The largest absolute Gasteiger partial charge is 0.508 e. The molecule has 0 amide bonds. The van der Waals surface area contributed by atoms with Crippen LogP contribution in [0.1, 0.15) is 25.8 Å². The molecule has 4 nitrogen and oxygen atoms in total. The Labute approximate surface area is 100 Å². The smallest absolute Gasteiger partial charge is 0.350 e. The summed E-state index contributed by atoms with van der Waals surface area (Å²) >= 11 is 0. The third kappa shape index (κ3) is 2.20. The highest BCUT2D eigenvalue weighted by atomic mass is 16.6. The van der Waals surface area contributed by atoms with Gasteiger partial charge in [0.15, 0.2) is 0 Å². The highest BCUT2D eigenvalue weighted by Crippen LogP contribution is 2.35. The molecule has 4 heteroatoms. The Bertz CT molecular complexity index is 441. The Morgan fingerprint density at radius 1 is 1.59 bits per heavy atom. The van der Waals surface area contributed by atoms with Gasteiger partial charge in [0.05, 0.1) is 6.61 Å². The Hall–Kier alpha value is -1.71. The van der Waals surface area contributed by atoms with E-state index in [-0.39, 0.29) is 11.7 Å². The number of carbonyl (C=O) groups is 1. The standard InChI is InChI=1S/C13H16O4/c1-3-16-12(15)13(2)7-6-9-4-5-10(14)8-11(9)17-13/h4-5,8,14H,3,6-7H2,1-2H3/t13-/m1/s1. The summed E-state index contributed by atoms with van der Waals surface area (Å²) in [6, 6.07) is 4.97. The van der Waals surface area contributed by atoms with Crippen molar-refractivity contribution in [1.82, 2.24) is 0 Å². The zero-order valence-electron chi connectivity index (χ0n) is 10.0. The van der Waals surface area contributed by atoms with E-state index in [1.165, 1.54) is 6.07 Å². The summed E-state index contributed by atoms with van der Waals surface area (Å²) in [5, 5.41) is 9.40. The minimum absolute atomic E-state index is 0.136. The van der Waals surface area contributed by atoms with Crippen molar-refractivity contribution in [2.45, 2.75) is 32.3 Å². The van der Waals surface area contributed by atoms with Gasteiger partial charge >= 0.3 is 5.97 Å². The molecule has 1 N–H and O–H groups in total. The van der Waals surface area contributed by atoms with E-state index in [1.807, 2.05) is 6.07 Å². The number of phenolic OH excluding ortho intramolecular Hbond substituents is 1. The van der Waals surface area contributed by atoms with E-state index >= 15 is 0 Å². The van der Waals surface area contributed by atoms with Crippen LogP contribution in [0.4, 0.5) is 0 Å². The van der Waals surface area contributed by atoms with Gasteiger partial charge in [-0.3, -0.25) is 0 Å². The van der Waals surface area contributed by atoms with E-state index in [4.69, 9.17) is 9.47 Å². The number of benzene rings is 1. The summed E-state index contributed by atoms with van der Waals surface area (Å²) in [6.45, 7) is 3.83. The lowest BCUT2D eigenvalue weighted by molar-refractivity contribution is -0.161. The number of hydrogen-bond acceptors (Lipinski definition) is 4. The average molecular weight is 236 g/mol. The SMILES string of the molecule is CCOC(=O)[C@@]1(C)CCc2ccc(O)cc2O1. The monoisotopic (exact) mass is 236 g/mol. The van der Waals surface area contributed by atoms with Crippen LogP contribution in [0.3, 0.4) is 0 Å². The Balaban J connectivity index is 2.25. The molecule has 0 radical (unpaired) electrons. The maximum atomic E-state index is 11.8. The minimum Gasteiger partial charge on any atom is -0.508 e. The second-order valence-corrected chi connectivity index (χ2v) is 4.35. The van der Waals surface area contributed by atoms with Crippen molar-refractivity contribution in [3.8, 4) is 11.5 Å². The van der Waals surface area contributed by atoms with Gasteiger partial charge in [0, 0.05) is 12.5 Å². The molecule has 1 aliphatic rings. The van der Waals surface area contributed by atoms with Crippen LogP contribution in [-0.4, -0.2) is 23.3 Å².